The molecule has 4 nitrogen and oxygen atoms in total. The van der Waals surface area contributed by atoms with Crippen LogP contribution in [0, 0.1) is 6.92 Å². The Labute approximate surface area is 102 Å². The van der Waals surface area contributed by atoms with E-state index >= 15 is 0 Å². The summed E-state index contributed by atoms with van der Waals surface area (Å²) in [6, 6.07) is 7.93. The molecule has 3 aromatic heterocycles. The molecule has 0 aromatic carbocycles. The number of thiophene rings is 1. The van der Waals surface area contributed by atoms with Gasteiger partial charge in [0.1, 0.15) is 5.75 Å². The van der Waals surface area contributed by atoms with Crippen molar-refractivity contribution in [2.24, 2.45) is 0 Å². The minimum absolute atomic E-state index is 0.791. The van der Waals surface area contributed by atoms with Gasteiger partial charge in [-0.3, -0.25) is 4.40 Å². The lowest BCUT2D eigenvalue weighted by Crippen LogP contribution is -1.89. The lowest BCUT2D eigenvalue weighted by Gasteiger charge is -2.00. The van der Waals surface area contributed by atoms with Crippen LogP contribution in [0.1, 0.15) is 4.88 Å². The first kappa shape index (κ1) is 10.3. The second kappa shape index (κ2) is 3.85. The van der Waals surface area contributed by atoms with Crippen LogP contribution in [-0.4, -0.2) is 21.7 Å². The Bertz CT molecular complexity index is 671. The monoisotopic (exact) mass is 245 g/mol. The summed E-state index contributed by atoms with van der Waals surface area (Å²) in [6.45, 7) is 2.08. The summed E-state index contributed by atoms with van der Waals surface area (Å²) in [6.07, 6.45) is 1.93. The standard InChI is InChI=1S/C12H11N3OS/c1-8-3-4-10(17-8)12-14-13-11-7-9(16-2)5-6-15(11)12/h3-7H,1-2H3. The van der Waals surface area contributed by atoms with E-state index in [1.165, 1.54) is 4.88 Å². The quantitative estimate of drug-likeness (QED) is 0.697. The Morgan fingerprint density at radius 2 is 2.12 bits per heavy atom. The number of aryl methyl sites for hydroxylation is 1. The number of aromatic nitrogens is 3. The highest BCUT2D eigenvalue weighted by Crippen LogP contribution is 2.27. The molecule has 17 heavy (non-hydrogen) atoms. The van der Waals surface area contributed by atoms with Gasteiger partial charge in [0, 0.05) is 17.1 Å². The van der Waals surface area contributed by atoms with Crippen molar-refractivity contribution < 1.29 is 4.74 Å². The van der Waals surface area contributed by atoms with E-state index in [1.807, 2.05) is 22.7 Å². The van der Waals surface area contributed by atoms with Crippen LogP contribution < -0.4 is 4.74 Å². The molecule has 0 amide bonds. The molecule has 0 fully saturated rings. The van der Waals surface area contributed by atoms with Crippen LogP contribution >= 0.6 is 11.3 Å². The summed E-state index contributed by atoms with van der Waals surface area (Å²) in [7, 11) is 1.64. The van der Waals surface area contributed by atoms with E-state index in [-0.39, 0.29) is 0 Å². The zero-order chi connectivity index (χ0) is 11.8. The molecular weight excluding hydrogens is 234 g/mol. The molecule has 86 valence electrons. The molecule has 0 N–H and O–H groups in total. The molecular formula is C12H11N3OS. The highest BCUT2D eigenvalue weighted by Gasteiger charge is 2.10. The summed E-state index contributed by atoms with van der Waals surface area (Å²) in [5, 5.41) is 8.37. The minimum Gasteiger partial charge on any atom is -0.497 e. The van der Waals surface area contributed by atoms with Crippen LogP contribution in [0.15, 0.2) is 30.5 Å². The van der Waals surface area contributed by atoms with E-state index in [0.29, 0.717) is 0 Å². The highest BCUT2D eigenvalue weighted by atomic mass is 32.1. The first-order valence-electron chi connectivity index (χ1n) is 5.23. The first-order valence-corrected chi connectivity index (χ1v) is 6.05. The number of hydrogen-bond acceptors (Lipinski definition) is 4. The van der Waals surface area contributed by atoms with Gasteiger partial charge in [-0.1, -0.05) is 0 Å². The number of ether oxygens (including phenoxy) is 1. The first-order chi connectivity index (χ1) is 8.28. The zero-order valence-electron chi connectivity index (χ0n) is 9.54. The van der Waals surface area contributed by atoms with E-state index in [0.717, 1.165) is 22.1 Å². The Morgan fingerprint density at radius 3 is 2.82 bits per heavy atom. The molecule has 0 aliphatic carbocycles. The van der Waals surface area contributed by atoms with Crippen molar-refractivity contribution >= 4 is 17.0 Å². The molecule has 0 bridgehead atoms. The van der Waals surface area contributed by atoms with Gasteiger partial charge in [0.2, 0.25) is 0 Å². The number of methoxy groups -OCH3 is 1. The Balaban J connectivity index is 2.18. The normalized spacial score (nSPS) is 10.9. The maximum Gasteiger partial charge on any atom is 0.178 e. The third kappa shape index (κ3) is 1.68. The van der Waals surface area contributed by atoms with Crippen molar-refractivity contribution in [3.8, 4) is 16.5 Å². The van der Waals surface area contributed by atoms with Crippen molar-refractivity contribution in [3.05, 3.63) is 35.3 Å². The van der Waals surface area contributed by atoms with Gasteiger partial charge in [0.25, 0.3) is 0 Å². The third-order valence-corrected chi connectivity index (χ3v) is 3.57. The van der Waals surface area contributed by atoms with E-state index in [9.17, 15) is 0 Å². The Morgan fingerprint density at radius 1 is 1.24 bits per heavy atom. The van der Waals surface area contributed by atoms with Crippen LogP contribution in [0.25, 0.3) is 16.3 Å². The van der Waals surface area contributed by atoms with Crippen molar-refractivity contribution in [1.82, 2.24) is 14.6 Å². The van der Waals surface area contributed by atoms with Crippen LogP contribution in [0.5, 0.6) is 5.75 Å². The van der Waals surface area contributed by atoms with E-state index < -0.39 is 0 Å². The van der Waals surface area contributed by atoms with Gasteiger partial charge < -0.3 is 4.74 Å². The van der Waals surface area contributed by atoms with E-state index in [1.54, 1.807) is 18.4 Å². The van der Waals surface area contributed by atoms with Gasteiger partial charge in [-0.2, -0.15) is 0 Å². The number of pyridine rings is 1. The molecule has 3 rings (SSSR count). The summed E-state index contributed by atoms with van der Waals surface area (Å²) >= 11 is 1.72. The Hall–Kier alpha value is -1.88. The second-order valence-electron chi connectivity index (χ2n) is 3.73. The second-order valence-corrected chi connectivity index (χ2v) is 5.02. The van der Waals surface area contributed by atoms with Gasteiger partial charge in [0.15, 0.2) is 11.5 Å². The van der Waals surface area contributed by atoms with Crippen LogP contribution in [0.4, 0.5) is 0 Å². The molecule has 5 heteroatoms. The molecule has 0 aliphatic rings. The van der Waals surface area contributed by atoms with E-state index in [4.69, 9.17) is 4.74 Å². The fourth-order valence-electron chi connectivity index (χ4n) is 1.72. The molecule has 0 atom stereocenters. The lowest BCUT2D eigenvalue weighted by molar-refractivity contribution is 0.414. The summed E-state index contributed by atoms with van der Waals surface area (Å²) in [4.78, 5) is 2.39. The lowest BCUT2D eigenvalue weighted by atomic mass is 10.4. The molecule has 0 radical (unpaired) electrons. The van der Waals surface area contributed by atoms with Gasteiger partial charge >= 0.3 is 0 Å². The predicted molar refractivity (Wildman–Crippen MR) is 67.6 cm³/mol. The fourth-order valence-corrected chi connectivity index (χ4v) is 2.57. The topological polar surface area (TPSA) is 39.4 Å². The minimum atomic E-state index is 0.791. The average molecular weight is 245 g/mol. The van der Waals surface area contributed by atoms with E-state index in [2.05, 4.69) is 29.3 Å². The Kier molecular flexibility index (Phi) is 2.33. The van der Waals surface area contributed by atoms with Crippen molar-refractivity contribution in [3.63, 3.8) is 0 Å². The van der Waals surface area contributed by atoms with Crippen LogP contribution in [-0.2, 0) is 0 Å². The molecule has 0 spiro atoms. The predicted octanol–water partition coefficient (Wildman–Crippen LogP) is 2.77. The SMILES string of the molecule is COc1ccn2c(-c3ccc(C)s3)nnc2c1. The summed E-state index contributed by atoms with van der Waals surface area (Å²) in [5.74, 6) is 1.67. The van der Waals surface area contributed by atoms with Gasteiger partial charge in [-0.05, 0) is 25.1 Å². The molecule has 0 aliphatic heterocycles. The zero-order valence-corrected chi connectivity index (χ0v) is 10.4. The fraction of sp³-hybridized carbons (Fsp3) is 0.167. The molecule has 0 saturated carbocycles. The van der Waals surface area contributed by atoms with Crippen LogP contribution in [0.3, 0.4) is 0 Å². The van der Waals surface area contributed by atoms with Gasteiger partial charge in [-0.25, -0.2) is 0 Å². The van der Waals surface area contributed by atoms with Crippen molar-refractivity contribution in [1.29, 1.82) is 0 Å². The summed E-state index contributed by atoms with van der Waals surface area (Å²) in [5.41, 5.74) is 0.797. The van der Waals surface area contributed by atoms with Crippen LogP contribution in [0.2, 0.25) is 0 Å². The largest absolute Gasteiger partial charge is 0.497 e. The highest BCUT2D eigenvalue weighted by molar-refractivity contribution is 7.15. The maximum atomic E-state index is 5.16. The molecule has 0 unspecified atom stereocenters. The van der Waals surface area contributed by atoms with Gasteiger partial charge in [0.05, 0.1) is 12.0 Å². The molecule has 0 saturated heterocycles. The number of hydrogen-bond donors (Lipinski definition) is 0. The van der Waals surface area contributed by atoms with Gasteiger partial charge in [-0.15, -0.1) is 21.5 Å². The number of nitrogens with zero attached hydrogens (tertiary/aromatic N) is 3. The molecule has 3 aromatic rings. The van der Waals surface area contributed by atoms with Crippen molar-refractivity contribution in [2.45, 2.75) is 6.92 Å². The third-order valence-electron chi connectivity index (χ3n) is 2.58. The summed E-state index contributed by atoms with van der Waals surface area (Å²) < 4.78 is 7.13. The number of rotatable bonds is 2. The number of fused-ring (bicyclic) bond motifs is 1. The average Bonchev–Trinajstić information content (AvgIpc) is 2.93. The van der Waals surface area contributed by atoms with Crippen molar-refractivity contribution in [2.75, 3.05) is 7.11 Å². The molecule has 3 heterocycles. The maximum absolute atomic E-state index is 5.16. The smallest absolute Gasteiger partial charge is 0.178 e.